The van der Waals surface area contributed by atoms with Crippen LogP contribution in [0.4, 0.5) is 13.6 Å². The van der Waals surface area contributed by atoms with Gasteiger partial charge in [-0.05, 0) is 30.5 Å². The molecule has 2 atom stereocenters. The van der Waals surface area contributed by atoms with E-state index in [0.717, 1.165) is 12.8 Å². The summed E-state index contributed by atoms with van der Waals surface area (Å²) in [6.45, 7) is -2.96. The van der Waals surface area contributed by atoms with E-state index in [2.05, 4.69) is 4.74 Å². The molecule has 2 unspecified atom stereocenters. The minimum Gasteiger partial charge on any atom is -0.490 e. The lowest BCUT2D eigenvalue weighted by atomic mass is 10.00. The maximum absolute atomic E-state index is 12.1. The first-order chi connectivity index (χ1) is 11.0. The first kappa shape index (κ1) is 16.0. The zero-order valence-electron chi connectivity index (χ0n) is 12.5. The Morgan fingerprint density at radius 2 is 2.00 bits per heavy atom. The van der Waals surface area contributed by atoms with E-state index in [1.54, 1.807) is 29.2 Å². The fourth-order valence-corrected chi connectivity index (χ4v) is 3.60. The first-order valence-electron chi connectivity index (χ1n) is 7.69. The van der Waals surface area contributed by atoms with Crippen LogP contribution in [0.2, 0.25) is 0 Å². The Morgan fingerprint density at radius 1 is 1.30 bits per heavy atom. The van der Waals surface area contributed by atoms with E-state index in [1.165, 1.54) is 0 Å². The number of hydrogen-bond donors (Lipinski definition) is 1. The number of hydrogen-bond acceptors (Lipinski definition) is 3. The van der Waals surface area contributed by atoms with Gasteiger partial charge in [0.05, 0.1) is 6.61 Å². The highest BCUT2D eigenvalue weighted by Gasteiger charge is 2.44. The number of fused-ring (bicyclic) bond motifs is 2. The molecule has 2 aliphatic rings. The fraction of sp³-hybridized carbons (Fsp3) is 0.562. The summed E-state index contributed by atoms with van der Waals surface area (Å²) < 4.78 is 34.4. The molecule has 2 aliphatic heterocycles. The van der Waals surface area contributed by atoms with Crippen molar-refractivity contribution in [2.75, 3.05) is 0 Å². The van der Waals surface area contributed by atoms with Crippen LogP contribution in [0.1, 0.15) is 31.2 Å². The van der Waals surface area contributed by atoms with Crippen molar-refractivity contribution in [1.82, 2.24) is 4.90 Å². The normalized spacial score (nSPS) is 26.6. The second-order valence-electron chi connectivity index (χ2n) is 6.01. The molecule has 0 radical (unpaired) electrons. The van der Waals surface area contributed by atoms with Crippen LogP contribution >= 0.6 is 0 Å². The number of carbonyl (C=O) groups is 1. The van der Waals surface area contributed by atoms with E-state index in [0.29, 0.717) is 24.2 Å². The van der Waals surface area contributed by atoms with Gasteiger partial charge < -0.3 is 19.5 Å². The van der Waals surface area contributed by atoms with Crippen LogP contribution in [0, 0.1) is 0 Å². The van der Waals surface area contributed by atoms with Gasteiger partial charge in [-0.1, -0.05) is 12.1 Å². The highest BCUT2D eigenvalue weighted by Crippen LogP contribution is 2.37. The standard InChI is InChI=1S/C16H19F2NO4/c17-15(18)22-9-10-2-1-3-13(6-10)23-14-7-11-4-5-12(8-14)19(11)16(20)21/h1-3,6,11-12,14-15H,4-5,7-9H2,(H,20,21). The van der Waals surface area contributed by atoms with E-state index in [1.807, 2.05) is 0 Å². The summed E-state index contributed by atoms with van der Waals surface area (Å²) in [7, 11) is 0. The average molecular weight is 327 g/mol. The van der Waals surface area contributed by atoms with Crippen LogP contribution in [-0.2, 0) is 11.3 Å². The molecular weight excluding hydrogens is 308 g/mol. The average Bonchev–Trinajstić information content (AvgIpc) is 2.78. The molecule has 0 aliphatic carbocycles. The number of piperidine rings is 1. The molecule has 1 N–H and O–H groups in total. The maximum atomic E-state index is 12.1. The number of benzene rings is 1. The Kier molecular flexibility index (Phi) is 4.66. The van der Waals surface area contributed by atoms with Crippen molar-refractivity contribution in [2.45, 2.75) is 57.1 Å². The summed E-state index contributed by atoms with van der Waals surface area (Å²) >= 11 is 0. The second-order valence-corrected chi connectivity index (χ2v) is 6.01. The van der Waals surface area contributed by atoms with E-state index < -0.39 is 12.7 Å². The Labute approximate surface area is 132 Å². The molecule has 0 saturated carbocycles. The predicted octanol–water partition coefficient (Wildman–Crippen LogP) is 3.48. The van der Waals surface area contributed by atoms with Gasteiger partial charge in [-0.3, -0.25) is 0 Å². The molecule has 23 heavy (non-hydrogen) atoms. The summed E-state index contributed by atoms with van der Waals surface area (Å²) in [6, 6.07) is 6.93. The molecule has 126 valence electrons. The van der Waals surface area contributed by atoms with Gasteiger partial charge >= 0.3 is 12.7 Å². The molecule has 7 heteroatoms. The van der Waals surface area contributed by atoms with Gasteiger partial charge in [0.2, 0.25) is 0 Å². The SMILES string of the molecule is O=C(O)N1C2CCC1CC(Oc1cccc(COC(F)F)c1)C2. The number of alkyl halides is 2. The number of rotatable bonds is 5. The maximum Gasteiger partial charge on any atom is 0.407 e. The Hall–Kier alpha value is -1.89. The highest BCUT2D eigenvalue weighted by molar-refractivity contribution is 5.66. The Morgan fingerprint density at radius 3 is 2.61 bits per heavy atom. The third kappa shape index (κ3) is 3.72. The van der Waals surface area contributed by atoms with Crippen LogP contribution in [0.3, 0.4) is 0 Å². The summed E-state index contributed by atoms with van der Waals surface area (Å²) in [6.07, 6.45) is 2.18. The van der Waals surface area contributed by atoms with Crippen LogP contribution in [0.15, 0.2) is 24.3 Å². The van der Waals surface area contributed by atoms with Crippen LogP contribution in [-0.4, -0.2) is 40.9 Å². The van der Waals surface area contributed by atoms with E-state index in [9.17, 15) is 18.7 Å². The smallest absolute Gasteiger partial charge is 0.407 e. The number of amides is 1. The highest BCUT2D eigenvalue weighted by atomic mass is 19.3. The molecule has 0 aromatic heterocycles. The van der Waals surface area contributed by atoms with Crippen molar-refractivity contribution in [2.24, 2.45) is 0 Å². The number of halogens is 2. The largest absolute Gasteiger partial charge is 0.490 e. The van der Waals surface area contributed by atoms with Gasteiger partial charge in [0.1, 0.15) is 11.9 Å². The Balaban J connectivity index is 1.60. The van der Waals surface area contributed by atoms with Gasteiger partial charge in [0.15, 0.2) is 0 Å². The summed E-state index contributed by atoms with van der Waals surface area (Å²) in [5.74, 6) is 0.605. The molecule has 1 aromatic rings. The first-order valence-corrected chi connectivity index (χ1v) is 7.69. The molecule has 0 spiro atoms. The third-order valence-electron chi connectivity index (χ3n) is 4.49. The van der Waals surface area contributed by atoms with Crippen molar-refractivity contribution < 1.29 is 28.2 Å². The predicted molar refractivity (Wildman–Crippen MR) is 77.6 cm³/mol. The topological polar surface area (TPSA) is 59.0 Å². The molecule has 1 amide bonds. The van der Waals surface area contributed by atoms with Gasteiger partial charge in [0.25, 0.3) is 0 Å². The summed E-state index contributed by atoms with van der Waals surface area (Å²) in [5, 5.41) is 9.25. The lowest BCUT2D eigenvalue weighted by Crippen LogP contribution is -2.48. The van der Waals surface area contributed by atoms with Gasteiger partial charge in [-0.25, -0.2) is 4.79 Å². The number of carboxylic acid groups (broad SMARTS) is 1. The molecule has 2 heterocycles. The zero-order chi connectivity index (χ0) is 16.4. The van der Waals surface area contributed by atoms with Crippen LogP contribution < -0.4 is 4.74 Å². The van der Waals surface area contributed by atoms with Crippen LogP contribution in [0.5, 0.6) is 5.75 Å². The zero-order valence-corrected chi connectivity index (χ0v) is 12.5. The van der Waals surface area contributed by atoms with E-state index in [4.69, 9.17) is 4.74 Å². The monoisotopic (exact) mass is 327 g/mol. The molecule has 2 saturated heterocycles. The van der Waals surface area contributed by atoms with E-state index in [-0.39, 0.29) is 24.8 Å². The van der Waals surface area contributed by atoms with Gasteiger partial charge in [-0.2, -0.15) is 8.78 Å². The number of ether oxygens (including phenoxy) is 2. The minimum absolute atomic E-state index is 0.0154. The third-order valence-corrected chi connectivity index (χ3v) is 4.49. The van der Waals surface area contributed by atoms with Crippen molar-refractivity contribution in [1.29, 1.82) is 0 Å². The van der Waals surface area contributed by atoms with Crippen molar-refractivity contribution >= 4 is 6.09 Å². The quantitative estimate of drug-likeness (QED) is 0.899. The molecule has 2 bridgehead atoms. The Bertz CT molecular complexity index is 555. The molecule has 2 fully saturated rings. The van der Waals surface area contributed by atoms with Gasteiger partial charge in [-0.15, -0.1) is 0 Å². The second kappa shape index (κ2) is 6.70. The molecule has 5 nitrogen and oxygen atoms in total. The fourth-order valence-electron chi connectivity index (χ4n) is 3.60. The lowest BCUT2D eigenvalue weighted by molar-refractivity contribution is -0.137. The molecular formula is C16H19F2NO4. The van der Waals surface area contributed by atoms with Crippen molar-refractivity contribution in [3.63, 3.8) is 0 Å². The van der Waals surface area contributed by atoms with Crippen molar-refractivity contribution in [3.8, 4) is 5.75 Å². The number of nitrogens with zero attached hydrogens (tertiary/aromatic N) is 1. The minimum atomic E-state index is -2.80. The molecule has 1 aromatic carbocycles. The van der Waals surface area contributed by atoms with Gasteiger partial charge in [0, 0.05) is 24.9 Å². The van der Waals surface area contributed by atoms with E-state index >= 15 is 0 Å². The van der Waals surface area contributed by atoms with Crippen LogP contribution in [0.25, 0.3) is 0 Å². The molecule has 3 rings (SSSR count). The summed E-state index contributed by atoms with van der Waals surface area (Å²) in [5.41, 5.74) is 0.619. The lowest BCUT2D eigenvalue weighted by Gasteiger charge is -2.37. The summed E-state index contributed by atoms with van der Waals surface area (Å²) in [4.78, 5) is 12.8. The van der Waals surface area contributed by atoms with Crippen molar-refractivity contribution in [3.05, 3.63) is 29.8 Å².